The first kappa shape index (κ1) is 13.3. The lowest BCUT2D eigenvalue weighted by Gasteiger charge is -2.17. The van der Waals surface area contributed by atoms with Crippen molar-refractivity contribution in [2.75, 3.05) is 20.6 Å². The number of rotatable bonds is 7. The molecule has 0 spiro atoms. The van der Waals surface area contributed by atoms with Crippen LogP contribution >= 0.6 is 0 Å². The average molecular weight is 224 g/mol. The second-order valence-corrected chi connectivity index (χ2v) is 4.82. The third-order valence-corrected chi connectivity index (χ3v) is 2.70. The van der Waals surface area contributed by atoms with Crippen LogP contribution in [0.25, 0.3) is 0 Å². The summed E-state index contributed by atoms with van der Waals surface area (Å²) < 4.78 is 5.44. The molecule has 0 bridgehead atoms. The van der Waals surface area contributed by atoms with E-state index < -0.39 is 0 Å². The Morgan fingerprint density at radius 2 is 2.19 bits per heavy atom. The third-order valence-electron chi connectivity index (χ3n) is 2.70. The number of hydrogen-bond donors (Lipinski definition) is 1. The van der Waals surface area contributed by atoms with E-state index in [-0.39, 0.29) is 0 Å². The highest BCUT2D eigenvalue weighted by atomic mass is 16.3. The maximum atomic E-state index is 5.44. The van der Waals surface area contributed by atoms with E-state index >= 15 is 0 Å². The molecule has 0 radical (unpaired) electrons. The molecule has 0 fully saturated rings. The molecule has 0 aliphatic rings. The maximum Gasteiger partial charge on any atom is 0.122 e. The van der Waals surface area contributed by atoms with Crippen LogP contribution in [-0.4, -0.2) is 25.5 Å². The molecule has 0 aromatic carbocycles. The fourth-order valence-corrected chi connectivity index (χ4v) is 1.67. The Balaban J connectivity index is 2.42. The minimum absolute atomic E-state index is 0.767. The molecule has 1 rings (SSSR count). The van der Waals surface area contributed by atoms with Gasteiger partial charge in [-0.3, -0.25) is 0 Å². The van der Waals surface area contributed by atoms with Crippen LogP contribution in [0.1, 0.15) is 31.6 Å². The fraction of sp³-hybridized carbons (Fsp3) is 0.692. The lowest BCUT2D eigenvalue weighted by Crippen LogP contribution is -2.21. The zero-order chi connectivity index (χ0) is 12.0. The molecule has 3 heteroatoms. The van der Waals surface area contributed by atoms with E-state index in [2.05, 4.69) is 37.2 Å². The van der Waals surface area contributed by atoms with Crippen molar-refractivity contribution in [2.45, 2.75) is 33.4 Å². The van der Waals surface area contributed by atoms with Gasteiger partial charge in [0.15, 0.2) is 0 Å². The molecule has 1 aromatic rings. The Labute approximate surface area is 98.8 Å². The highest BCUT2D eigenvalue weighted by Gasteiger charge is 2.08. The van der Waals surface area contributed by atoms with Gasteiger partial charge >= 0.3 is 0 Å². The normalized spacial score (nSPS) is 11.6. The first-order valence-electron chi connectivity index (χ1n) is 6.02. The maximum absolute atomic E-state index is 5.44. The summed E-state index contributed by atoms with van der Waals surface area (Å²) >= 11 is 0. The first-order valence-corrected chi connectivity index (χ1v) is 6.02. The lowest BCUT2D eigenvalue weighted by atomic mass is 10.1. The van der Waals surface area contributed by atoms with Crippen molar-refractivity contribution in [2.24, 2.45) is 5.92 Å². The minimum atomic E-state index is 0.767. The molecule has 0 aliphatic carbocycles. The minimum Gasteiger partial charge on any atom is -0.468 e. The van der Waals surface area contributed by atoms with Gasteiger partial charge in [0.1, 0.15) is 5.76 Å². The zero-order valence-electron chi connectivity index (χ0n) is 10.9. The van der Waals surface area contributed by atoms with E-state index in [9.17, 15) is 0 Å². The van der Waals surface area contributed by atoms with Crippen LogP contribution in [0.3, 0.4) is 0 Å². The second kappa shape index (κ2) is 6.71. The van der Waals surface area contributed by atoms with Crippen molar-refractivity contribution < 1.29 is 4.42 Å². The molecule has 0 saturated carbocycles. The van der Waals surface area contributed by atoms with Crippen LogP contribution in [0.5, 0.6) is 0 Å². The van der Waals surface area contributed by atoms with Crippen molar-refractivity contribution in [3.63, 3.8) is 0 Å². The fourth-order valence-electron chi connectivity index (χ4n) is 1.67. The Hall–Kier alpha value is -0.800. The van der Waals surface area contributed by atoms with Crippen LogP contribution in [0.15, 0.2) is 16.7 Å². The number of furan rings is 1. The summed E-state index contributed by atoms with van der Waals surface area (Å²) in [6.07, 6.45) is 3.02. The molecule has 92 valence electrons. The highest BCUT2D eigenvalue weighted by Crippen LogP contribution is 2.13. The molecule has 0 aliphatic heterocycles. The summed E-state index contributed by atoms with van der Waals surface area (Å²) in [6, 6.07) is 2.07. The molecule has 0 amide bonds. The molecule has 1 heterocycles. The molecule has 3 nitrogen and oxygen atoms in total. The molecular formula is C13H24N2O. The van der Waals surface area contributed by atoms with Crippen molar-refractivity contribution in [1.82, 2.24) is 10.2 Å². The Morgan fingerprint density at radius 1 is 1.44 bits per heavy atom. The molecule has 16 heavy (non-hydrogen) atoms. The van der Waals surface area contributed by atoms with Crippen LogP contribution < -0.4 is 5.32 Å². The largest absolute Gasteiger partial charge is 0.468 e. The van der Waals surface area contributed by atoms with E-state index in [1.54, 1.807) is 6.26 Å². The predicted molar refractivity (Wildman–Crippen MR) is 67.3 cm³/mol. The molecule has 1 N–H and O–H groups in total. The standard InChI is InChI=1S/C13H24N2O/c1-11(2)5-7-15(4)10-12-6-8-16-13(12)9-14-3/h6,8,11,14H,5,7,9-10H2,1-4H3. The van der Waals surface area contributed by atoms with Gasteiger partial charge in [-0.05, 0) is 39.0 Å². The van der Waals surface area contributed by atoms with Gasteiger partial charge in [0.2, 0.25) is 0 Å². The van der Waals surface area contributed by atoms with Crippen LogP contribution in [-0.2, 0) is 13.1 Å². The van der Waals surface area contributed by atoms with Gasteiger partial charge in [0, 0.05) is 12.1 Å². The molecule has 0 saturated heterocycles. The Bertz CT molecular complexity index is 294. The van der Waals surface area contributed by atoms with Gasteiger partial charge in [-0.15, -0.1) is 0 Å². The van der Waals surface area contributed by atoms with Crippen molar-refractivity contribution >= 4 is 0 Å². The summed E-state index contributed by atoms with van der Waals surface area (Å²) in [4.78, 5) is 2.35. The molecule has 0 unspecified atom stereocenters. The summed E-state index contributed by atoms with van der Waals surface area (Å²) in [5.74, 6) is 1.82. The van der Waals surface area contributed by atoms with Gasteiger partial charge in [0.25, 0.3) is 0 Å². The van der Waals surface area contributed by atoms with Gasteiger partial charge in [-0.1, -0.05) is 13.8 Å². The number of nitrogens with zero attached hydrogens (tertiary/aromatic N) is 1. The molecule has 0 atom stereocenters. The van der Waals surface area contributed by atoms with Crippen LogP contribution in [0.2, 0.25) is 0 Å². The lowest BCUT2D eigenvalue weighted by molar-refractivity contribution is 0.300. The summed E-state index contributed by atoms with van der Waals surface area (Å²) in [5, 5.41) is 3.12. The van der Waals surface area contributed by atoms with E-state index in [1.807, 2.05) is 7.05 Å². The summed E-state index contributed by atoms with van der Waals surface area (Å²) in [7, 11) is 4.10. The monoisotopic (exact) mass is 224 g/mol. The third kappa shape index (κ3) is 4.37. The zero-order valence-corrected chi connectivity index (χ0v) is 10.9. The summed E-state index contributed by atoms with van der Waals surface area (Å²) in [5.41, 5.74) is 1.29. The Kier molecular flexibility index (Phi) is 5.56. The van der Waals surface area contributed by atoms with Gasteiger partial charge in [0.05, 0.1) is 12.8 Å². The second-order valence-electron chi connectivity index (χ2n) is 4.82. The first-order chi connectivity index (χ1) is 7.63. The van der Waals surface area contributed by atoms with E-state index in [4.69, 9.17) is 4.42 Å². The number of nitrogens with one attached hydrogen (secondary N) is 1. The molecule has 1 aromatic heterocycles. The van der Waals surface area contributed by atoms with Crippen LogP contribution in [0, 0.1) is 5.92 Å². The van der Waals surface area contributed by atoms with Gasteiger partial charge in [-0.25, -0.2) is 0 Å². The van der Waals surface area contributed by atoms with E-state index in [0.717, 1.165) is 31.3 Å². The molecular weight excluding hydrogens is 200 g/mol. The highest BCUT2D eigenvalue weighted by molar-refractivity contribution is 5.16. The van der Waals surface area contributed by atoms with Crippen molar-refractivity contribution in [3.8, 4) is 0 Å². The predicted octanol–water partition coefficient (Wildman–Crippen LogP) is 2.48. The van der Waals surface area contributed by atoms with Crippen LogP contribution in [0.4, 0.5) is 0 Å². The Morgan fingerprint density at radius 3 is 2.81 bits per heavy atom. The van der Waals surface area contributed by atoms with E-state index in [0.29, 0.717) is 0 Å². The van der Waals surface area contributed by atoms with Crippen molar-refractivity contribution in [3.05, 3.63) is 23.7 Å². The quantitative estimate of drug-likeness (QED) is 0.771. The summed E-state index contributed by atoms with van der Waals surface area (Å²) in [6.45, 7) is 7.44. The van der Waals surface area contributed by atoms with Crippen molar-refractivity contribution in [1.29, 1.82) is 0 Å². The average Bonchev–Trinajstić information content (AvgIpc) is 2.63. The number of hydrogen-bond acceptors (Lipinski definition) is 3. The van der Waals surface area contributed by atoms with Gasteiger partial charge in [-0.2, -0.15) is 0 Å². The van der Waals surface area contributed by atoms with E-state index in [1.165, 1.54) is 12.0 Å². The SMILES string of the molecule is CNCc1occc1CN(C)CCC(C)C. The topological polar surface area (TPSA) is 28.4 Å². The van der Waals surface area contributed by atoms with Gasteiger partial charge < -0.3 is 14.6 Å². The smallest absolute Gasteiger partial charge is 0.122 e.